The molecule has 0 spiro atoms. The molecule has 0 saturated carbocycles. The molecule has 3 heteroatoms. The summed E-state index contributed by atoms with van der Waals surface area (Å²) in [7, 11) is 0. The Morgan fingerprint density at radius 1 is 1.11 bits per heavy atom. The summed E-state index contributed by atoms with van der Waals surface area (Å²) in [5.41, 5.74) is 3.73. The van der Waals surface area contributed by atoms with E-state index in [2.05, 4.69) is 55.3 Å². The first kappa shape index (κ1) is 13.9. The number of anilines is 1. The molecule has 2 nitrogen and oxygen atoms in total. The van der Waals surface area contributed by atoms with Crippen LogP contribution in [0.5, 0.6) is 0 Å². The first-order valence-corrected chi connectivity index (χ1v) is 6.77. The SMILES string of the molecule is CC(C)(C)c1ccc(CNc2cncc(Cl)c2)cc1. The topological polar surface area (TPSA) is 24.9 Å². The van der Waals surface area contributed by atoms with Gasteiger partial charge in [0.25, 0.3) is 0 Å². The molecule has 1 heterocycles. The molecule has 0 aliphatic heterocycles. The molecule has 0 aliphatic carbocycles. The molecule has 1 aromatic heterocycles. The van der Waals surface area contributed by atoms with Gasteiger partial charge in [0.1, 0.15) is 0 Å². The van der Waals surface area contributed by atoms with E-state index in [1.807, 2.05) is 6.07 Å². The average molecular weight is 275 g/mol. The van der Waals surface area contributed by atoms with Gasteiger partial charge in [-0.3, -0.25) is 4.98 Å². The quantitative estimate of drug-likeness (QED) is 0.882. The van der Waals surface area contributed by atoms with Crippen molar-refractivity contribution in [1.82, 2.24) is 4.98 Å². The maximum atomic E-state index is 5.90. The Hall–Kier alpha value is -1.54. The first-order valence-electron chi connectivity index (χ1n) is 6.39. The second-order valence-corrected chi connectivity index (χ2v) is 6.13. The highest BCUT2D eigenvalue weighted by molar-refractivity contribution is 6.30. The molecule has 0 saturated heterocycles. The van der Waals surface area contributed by atoms with Gasteiger partial charge in [-0.25, -0.2) is 0 Å². The van der Waals surface area contributed by atoms with Gasteiger partial charge in [-0.2, -0.15) is 0 Å². The van der Waals surface area contributed by atoms with Crippen LogP contribution in [0.25, 0.3) is 0 Å². The van der Waals surface area contributed by atoms with Crippen molar-refractivity contribution < 1.29 is 0 Å². The van der Waals surface area contributed by atoms with Gasteiger partial charge >= 0.3 is 0 Å². The predicted molar refractivity (Wildman–Crippen MR) is 81.7 cm³/mol. The van der Waals surface area contributed by atoms with Gasteiger partial charge in [-0.1, -0.05) is 56.6 Å². The van der Waals surface area contributed by atoms with E-state index in [1.165, 1.54) is 11.1 Å². The van der Waals surface area contributed by atoms with Crippen LogP contribution in [-0.4, -0.2) is 4.98 Å². The molecule has 0 unspecified atom stereocenters. The van der Waals surface area contributed by atoms with Gasteiger partial charge in [0.05, 0.1) is 16.9 Å². The molecule has 0 aliphatic rings. The highest BCUT2D eigenvalue weighted by Gasteiger charge is 2.12. The number of hydrogen-bond donors (Lipinski definition) is 1. The Morgan fingerprint density at radius 3 is 2.37 bits per heavy atom. The van der Waals surface area contributed by atoms with Crippen molar-refractivity contribution in [2.75, 3.05) is 5.32 Å². The second-order valence-electron chi connectivity index (χ2n) is 5.69. The predicted octanol–water partition coefficient (Wildman–Crippen LogP) is 4.64. The minimum absolute atomic E-state index is 0.197. The van der Waals surface area contributed by atoms with E-state index in [-0.39, 0.29) is 5.41 Å². The average Bonchev–Trinajstić information content (AvgIpc) is 2.36. The Balaban J connectivity index is 2.01. The molecular weight excluding hydrogens is 256 g/mol. The molecular formula is C16H19ClN2. The fraction of sp³-hybridized carbons (Fsp3) is 0.312. The molecule has 0 radical (unpaired) electrons. The van der Waals surface area contributed by atoms with Gasteiger partial charge in [0, 0.05) is 12.7 Å². The number of aromatic nitrogens is 1. The minimum atomic E-state index is 0.197. The number of hydrogen-bond acceptors (Lipinski definition) is 2. The van der Waals surface area contributed by atoms with Crippen LogP contribution in [0.1, 0.15) is 31.9 Å². The molecule has 0 fully saturated rings. The minimum Gasteiger partial charge on any atom is -0.380 e. The summed E-state index contributed by atoms with van der Waals surface area (Å²) >= 11 is 5.90. The van der Waals surface area contributed by atoms with Crippen molar-refractivity contribution in [2.45, 2.75) is 32.7 Å². The Labute approximate surface area is 119 Å². The fourth-order valence-corrected chi connectivity index (χ4v) is 2.01. The lowest BCUT2D eigenvalue weighted by Crippen LogP contribution is -2.11. The number of halogens is 1. The normalized spacial score (nSPS) is 11.4. The van der Waals surface area contributed by atoms with Crippen molar-refractivity contribution in [3.05, 3.63) is 58.9 Å². The summed E-state index contributed by atoms with van der Waals surface area (Å²) in [4.78, 5) is 4.05. The van der Waals surface area contributed by atoms with Crippen LogP contribution < -0.4 is 5.32 Å². The largest absolute Gasteiger partial charge is 0.380 e. The molecule has 1 aromatic carbocycles. The highest BCUT2D eigenvalue weighted by atomic mass is 35.5. The van der Waals surface area contributed by atoms with Gasteiger partial charge in [0.15, 0.2) is 0 Å². The molecule has 2 aromatic rings. The summed E-state index contributed by atoms with van der Waals surface area (Å²) in [6.07, 6.45) is 3.40. The third-order valence-electron chi connectivity index (χ3n) is 3.02. The number of rotatable bonds is 3. The summed E-state index contributed by atoms with van der Waals surface area (Å²) in [6.45, 7) is 7.43. The van der Waals surface area contributed by atoms with Crippen LogP contribution in [0.2, 0.25) is 5.02 Å². The van der Waals surface area contributed by atoms with Gasteiger partial charge in [-0.05, 0) is 22.6 Å². The number of benzene rings is 1. The van der Waals surface area contributed by atoms with Gasteiger partial charge in [0.2, 0.25) is 0 Å². The molecule has 19 heavy (non-hydrogen) atoms. The number of nitrogens with one attached hydrogen (secondary N) is 1. The van der Waals surface area contributed by atoms with Crippen LogP contribution >= 0.6 is 11.6 Å². The van der Waals surface area contributed by atoms with E-state index in [1.54, 1.807) is 12.4 Å². The lowest BCUT2D eigenvalue weighted by Gasteiger charge is -2.19. The Kier molecular flexibility index (Phi) is 4.11. The van der Waals surface area contributed by atoms with Crippen LogP contribution in [0.4, 0.5) is 5.69 Å². The third kappa shape index (κ3) is 3.97. The first-order chi connectivity index (χ1) is 8.95. The van der Waals surface area contributed by atoms with Crippen molar-refractivity contribution in [1.29, 1.82) is 0 Å². The van der Waals surface area contributed by atoms with Crippen LogP contribution in [0.15, 0.2) is 42.7 Å². The molecule has 2 rings (SSSR count). The Bertz CT molecular complexity index is 541. The second kappa shape index (κ2) is 5.62. The van der Waals surface area contributed by atoms with Crippen LogP contribution in [-0.2, 0) is 12.0 Å². The molecule has 0 atom stereocenters. The molecule has 0 amide bonds. The van der Waals surface area contributed by atoms with E-state index >= 15 is 0 Å². The zero-order valence-corrected chi connectivity index (χ0v) is 12.3. The number of nitrogens with zero attached hydrogens (tertiary/aromatic N) is 1. The maximum absolute atomic E-state index is 5.90. The maximum Gasteiger partial charge on any atom is 0.0609 e. The third-order valence-corrected chi connectivity index (χ3v) is 3.23. The zero-order valence-electron chi connectivity index (χ0n) is 11.6. The standard InChI is InChI=1S/C16H19ClN2/c1-16(2,3)13-6-4-12(5-7-13)9-19-15-8-14(17)10-18-11-15/h4-8,10-11,19H,9H2,1-3H3. The van der Waals surface area contributed by atoms with Crippen molar-refractivity contribution in [3.63, 3.8) is 0 Å². The van der Waals surface area contributed by atoms with E-state index in [9.17, 15) is 0 Å². The zero-order chi connectivity index (χ0) is 13.9. The Morgan fingerprint density at radius 2 is 1.79 bits per heavy atom. The summed E-state index contributed by atoms with van der Waals surface area (Å²) in [5.74, 6) is 0. The highest BCUT2D eigenvalue weighted by Crippen LogP contribution is 2.22. The van der Waals surface area contributed by atoms with E-state index in [0.29, 0.717) is 5.02 Å². The van der Waals surface area contributed by atoms with Gasteiger partial charge in [-0.15, -0.1) is 0 Å². The van der Waals surface area contributed by atoms with Crippen LogP contribution in [0, 0.1) is 0 Å². The monoisotopic (exact) mass is 274 g/mol. The molecule has 1 N–H and O–H groups in total. The van der Waals surface area contributed by atoms with E-state index < -0.39 is 0 Å². The van der Waals surface area contributed by atoms with Gasteiger partial charge < -0.3 is 5.32 Å². The van der Waals surface area contributed by atoms with Crippen molar-refractivity contribution in [2.24, 2.45) is 0 Å². The van der Waals surface area contributed by atoms with E-state index in [4.69, 9.17) is 11.6 Å². The lowest BCUT2D eigenvalue weighted by molar-refractivity contribution is 0.590. The molecule has 100 valence electrons. The summed E-state index contributed by atoms with van der Waals surface area (Å²) in [5, 5.41) is 3.96. The lowest BCUT2D eigenvalue weighted by atomic mass is 9.87. The number of pyridine rings is 1. The molecule has 0 bridgehead atoms. The van der Waals surface area contributed by atoms with E-state index in [0.717, 1.165) is 12.2 Å². The smallest absolute Gasteiger partial charge is 0.0609 e. The van der Waals surface area contributed by atoms with Crippen molar-refractivity contribution in [3.8, 4) is 0 Å². The summed E-state index contributed by atoms with van der Waals surface area (Å²) in [6, 6.07) is 10.6. The van der Waals surface area contributed by atoms with Crippen LogP contribution in [0.3, 0.4) is 0 Å². The van der Waals surface area contributed by atoms with Crippen molar-refractivity contribution >= 4 is 17.3 Å². The fourth-order valence-electron chi connectivity index (χ4n) is 1.84. The summed E-state index contributed by atoms with van der Waals surface area (Å²) < 4.78 is 0.